The fraction of sp³-hybridized carbons (Fsp3) is 0.0444. The van der Waals surface area contributed by atoms with Gasteiger partial charge in [-0.2, -0.15) is 0 Å². The second-order valence-electron chi connectivity index (χ2n) is 11.6. The first kappa shape index (κ1) is 30.6. The molecule has 0 spiro atoms. The lowest BCUT2D eigenvalue weighted by Gasteiger charge is -2.12. The molecule has 0 aliphatic heterocycles. The average Bonchev–Trinajstić information content (AvgIpc) is 3.51. The number of hydrogen-bond acceptors (Lipinski definition) is 2. The molecule has 8 aromatic rings. The number of benzene rings is 6. The van der Waals surface area contributed by atoms with E-state index in [2.05, 4.69) is 161 Å². The van der Waals surface area contributed by atoms with Gasteiger partial charge in [-0.15, -0.1) is 0 Å². The molecule has 6 aromatic carbocycles. The van der Waals surface area contributed by atoms with Crippen LogP contribution >= 0.6 is 0 Å². The summed E-state index contributed by atoms with van der Waals surface area (Å²) in [7, 11) is 1.50. The number of nitrogens with zero attached hydrogens (tertiary/aromatic N) is 2. The second-order valence-corrected chi connectivity index (χ2v) is 11.6. The third kappa shape index (κ3) is 5.84. The summed E-state index contributed by atoms with van der Waals surface area (Å²) in [6.45, 7) is 2.01. The van der Waals surface area contributed by atoms with E-state index in [0.717, 1.165) is 22.5 Å². The van der Waals surface area contributed by atoms with Crippen molar-refractivity contribution in [1.82, 2.24) is 9.55 Å². The third-order valence-corrected chi connectivity index (χ3v) is 8.75. The van der Waals surface area contributed by atoms with E-state index >= 15 is 0 Å². The van der Waals surface area contributed by atoms with E-state index in [1.54, 1.807) is 0 Å². The molecule has 3 heteroatoms. The van der Waals surface area contributed by atoms with Crippen LogP contribution < -0.4 is 5.73 Å². The highest BCUT2D eigenvalue weighted by Gasteiger charge is 2.16. The van der Waals surface area contributed by atoms with Crippen molar-refractivity contribution in [2.75, 3.05) is 7.05 Å². The second kappa shape index (κ2) is 13.8. The molecule has 0 aliphatic rings. The van der Waals surface area contributed by atoms with E-state index in [-0.39, 0.29) is 0 Å². The van der Waals surface area contributed by atoms with Crippen LogP contribution in [-0.2, 0) is 0 Å². The maximum absolute atomic E-state index is 4.67. The van der Waals surface area contributed by atoms with Gasteiger partial charge < -0.3 is 10.3 Å². The highest BCUT2D eigenvalue weighted by Crippen LogP contribution is 2.39. The summed E-state index contributed by atoms with van der Waals surface area (Å²) < 4.78 is 2.44. The van der Waals surface area contributed by atoms with Gasteiger partial charge in [0.2, 0.25) is 0 Å². The summed E-state index contributed by atoms with van der Waals surface area (Å²) in [6.07, 6.45) is 10.0. The van der Waals surface area contributed by atoms with Crippen LogP contribution in [0.3, 0.4) is 0 Å². The fourth-order valence-electron chi connectivity index (χ4n) is 6.49. The van der Waals surface area contributed by atoms with Gasteiger partial charge in [0, 0.05) is 33.6 Å². The van der Waals surface area contributed by atoms with Crippen LogP contribution in [-0.4, -0.2) is 16.6 Å². The summed E-state index contributed by atoms with van der Waals surface area (Å²) in [5.74, 6) is 0. The van der Waals surface area contributed by atoms with Crippen LogP contribution in [0, 0.1) is 0 Å². The van der Waals surface area contributed by atoms with Crippen LogP contribution in [0.5, 0.6) is 0 Å². The Bertz CT molecular complexity index is 2400. The van der Waals surface area contributed by atoms with Crippen molar-refractivity contribution in [3.63, 3.8) is 0 Å². The largest absolute Gasteiger partial charge is 0.333 e. The zero-order valence-corrected chi connectivity index (χ0v) is 27.2. The zero-order chi connectivity index (χ0) is 32.9. The lowest BCUT2D eigenvalue weighted by Crippen LogP contribution is -1.94. The Kier molecular flexibility index (Phi) is 8.78. The number of rotatable bonds is 6. The lowest BCUT2D eigenvalue weighted by molar-refractivity contribution is 1.19. The first-order valence-corrected chi connectivity index (χ1v) is 16.3. The molecule has 0 unspecified atom stereocenters. The molecule has 232 valence electrons. The number of fused-ring (bicyclic) bond motifs is 5. The smallest absolute Gasteiger partial charge is 0.0630 e. The lowest BCUT2D eigenvalue weighted by atomic mass is 9.98. The molecule has 2 heterocycles. The average molecular weight is 620 g/mol. The standard InChI is InChI=1S/C44H32N2.CH5N/c1-2-3-6-16-38-23-19-37(30-45-38)34-20-24-40-36(28-34)22-26-42-41-25-21-35(29-43(41)46(44(40)42)39-17-9-5-10-18-39)33-15-11-14-32(27-33)31-12-7-4-8-13-31;1-2/h2-30H,1H3;2H2,1H3/b3-2-,16-6+;. The number of allylic oxidation sites excluding steroid dienone is 3. The number of para-hydroxylation sites is 1. The van der Waals surface area contributed by atoms with E-state index in [9.17, 15) is 0 Å². The predicted molar refractivity (Wildman–Crippen MR) is 206 cm³/mol. The molecule has 3 nitrogen and oxygen atoms in total. The van der Waals surface area contributed by atoms with Gasteiger partial charge >= 0.3 is 0 Å². The summed E-state index contributed by atoms with van der Waals surface area (Å²) in [6, 6.07) is 52.6. The minimum Gasteiger partial charge on any atom is -0.333 e. The number of aromatic nitrogens is 2. The van der Waals surface area contributed by atoms with Crippen LogP contribution in [0.25, 0.3) is 77.7 Å². The topological polar surface area (TPSA) is 43.8 Å². The minimum atomic E-state index is 0.947. The Labute approximate surface area is 281 Å². The molecule has 0 bridgehead atoms. The molecule has 0 radical (unpaired) electrons. The summed E-state index contributed by atoms with van der Waals surface area (Å²) in [4.78, 5) is 4.67. The zero-order valence-electron chi connectivity index (χ0n) is 27.2. The molecule has 2 N–H and O–H groups in total. The molecule has 2 aromatic heterocycles. The van der Waals surface area contributed by atoms with Crippen molar-refractivity contribution in [2.24, 2.45) is 5.73 Å². The molecular weight excluding hydrogens is 583 g/mol. The molecule has 0 amide bonds. The molecule has 0 aliphatic carbocycles. The van der Waals surface area contributed by atoms with E-state index in [4.69, 9.17) is 0 Å². The van der Waals surface area contributed by atoms with Gasteiger partial charge in [0.1, 0.15) is 0 Å². The van der Waals surface area contributed by atoms with Gasteiger partial charge in [-0.25, -0.2) is 0 Å². The summed E-state index contributed by atoms with van der Waals surface area (Å²) >= 11 is 0. The predicted octanol–water partition coefficient (Wildman–Crippen LogP) is 11.5. The van der Waals surface area contributed by atoms with E-state index in [1.165, 1.54) is 61.9 Å². The summed E-state index contributed by atoms with van der Waals surface area (Å²) in [5, 5.41) is 4.94. The Balaban J connectivity index is 0.00000179. The number of hydrogen-bond donors (Lipinski definition) is 1. The van der Waals surface area contributed by atoms with Crippen LogP contribution in [0.15, 0.2) is 170 Å². The van der Waals surface area contributed by atoms with Gasteiger partial charge in [-0.1, -0.05) is 127 Å². The van der Waals surface area contributed by atoms with Crippen LogP contribution in [0.2, 0.25) is 0 Å². The summed E-state index contributed by atoms with van der Waals surface area (Å²) in [5.41, 5.74) is 16.1. The maximum atomic E-state index is 4.67. The molecule has 0 saturated carbocycles. The van der Waals surface area contributed by atoms with Crippen molar-refractivity contribution >= 4 is 38.7 Å². The van der Waals surface area contributed by atoms with Crippen LogP contribution in [0.4, 0.5) is 0 Å². The Morgan fingerprint density at radius 2 is 1.15 bits per heavy atom. The Hall–Kier alpha value is -6.03. The van der Waals surface area contributed by atoms with Crippen molar-refractivity contribution in [3.05, 3.63) is 176 Å². The quantitative estimate of drug-likeness (QED) is 0.188. The fourth-order valence-corrected chi connectivity index (χ4v) is 6.49. The molecule has 48 heavy (non-hydrogen) atoms. The number of pyridine rings is 1. The molecule has 0 fully saturated rings. The molecule has 8 rings (SSSR count). The first-order valence-electron chi connectivity index (χ1n) is 16.3. The SMILES string of the molecule is C/C=C\C=C\c1ccc(-c2ccc3c(ccc4c5ccc(-c6cccc(-c7ccccc7)c6)cc5n(-c5ccccc5)c34)c2)cn1.CN. The van der Waals surface area contributed by atoms with Gasteiger partial charge in [0.15, 0.2) is 0 Å². The number of nitrogens with two attached hydrogens (primary N) is 1. The van der Waals surface area contributed by atoms with E-state index in [0.29, 0.717) is 0 Å². The third-order valence-electron chi connectivity index (χ3n) is 8.75. The van der Waals surface area contributed by atoms with E-state index < -0.39 is 0 Å². The van der Waals surface area contributed by atoms with Gasteiger partial charge in [0.25, 0.3) is 0 Å². The van der Waals surface area contributed by atoms with Gasteiger partial charge in [-0.05, 0) is 89.6 Å². The first-order chi connectivity index (χ1) is 23.8. The van der Waals surface area contributed by atoms with E-state index in [1.807, 2.05) is 37.4 Å². The molecule has 0 saturated heterocycles. The Morgan fingerprint density at radius 3 is 1.88 bits per heavy atom. The van der Waals surface area contributed by atoms with Crippen molar-refractivity contribution in [2.45, 2.75) is 6.92 Å². The Morgan fingerprint density at radius 1 is 0.521 bits per heavy atom. The minimum absolute atomic E-state index is 0.947. The van der Waals surface area contributed by atoms with Gasteiger partial charge in [-0.3, -0.25) is 4.98 Å². The normalized spacial score (nSPS) is 11.5. The van der Waals surface area contributed by atoms with Crippen molar-refractivity contribution in [3.8, 4) is 39.1 Å². The maximum Gasteiger partial charge on any atom is 0.0630 e. The van der Waals surface area contributed by atoms with Crippen molar-refractivity contribution < 1.29 is 0 Å². The van der Waals surface area contributed by atoms with Crippen molar-refractivity contribution in [1.29, 1.82) is 0 Å². The van der Waals surface area contributed by atoms with Crippen LogP contribution in [0.1, 0.15) is 12.6 Å². The highest BCUT2D eigenvalue weighted by molar-refractivity contribution is 6.19. The molecular formula is C45H37N3. The monoisotopic (exact) mass is 619 g/mol. The molecule has 0 atom stereocenters. The van der Waals surface area contributed by atoms with Gasteiger partial charge in [0.05, 0.1) is 16.7 Å². The highest BCUT2D eigenvalue weighted by atomic mass is 15.0.